The van der Waals surface area contributed by atoms with Crippen LogP contribution in [0, 0.1) is 0 Å². The molecule has 1 heterocycles. The molecule has 3 N–H and O–H groups in total. The van der Waals surface area contributed by atoms with Crippen molar-refractivity contribution < 1.29 is 29.0 Å². The molecule has 1 amide bonds. The molecule has 1 atom stereocenters. The molecule has 2 aromatic rings. The fourth-order valence-corrected chi connectivity index (χ4v) is 3.47. The maximum atomic E-state index is 11.5. The predicted octanol–water partition coefficient (Wildman–Crippen LogP) is 2.47. The lowest BCUT2D eigenvalue weighted by molar-refractivity contribution is -0.893. The van der Waals surface area contributed by atoms with Crippen molar-refractivity contribution in [2.24, 2.45) is 0 Å². The molecule has 0 fully saturated rings. The third-order valence-corrected chi connectivity index (χ3v) is 4.99. The van der Waals surface area contributed by atoms with Gasteiger partial charge in [0.15, 0.2) is 6.61 Å². The van der Waals surface area contributed by atoms with Crippen molar-refractivity contribution in [2.75, 3.05) is 45.7 Å². The smallest absolute Gasteiger partial charge is 0.262 e. The van der Waals surface area contributed by atoms with Gasteiger partial charge in [-0.05, 0) is 30.7 Å². The molecule has 3 rings (SSSR count). The zero-order chi connectivity index (χ0) is 21.0. The number of aliphatic hydroxyl groups is 1. The Morgan fingerprint density at radius 3 is 2.66 bits per heavy atom. The Hall–Kier alpha value is -2.77. The first-order valence-electron chi connectivity index (χ1n) is 9.79. The summed E-state index contributed by atoms with van der Waals surface area (Å²) in [5.74, 6) is 0.973. The molecular formula is C22H29N2O5+. The van der Waals surface area contributed by atoms with Gasteiger partial charge in [0.2, 0.25) is 0 Å². The number of quaternary nitrogens is 1. The fourth-order valence-electron chi connectivity index (χ4n) is 3.47. The summed E-state index contributed by atoms with van der Waals surface area (Å²) < 4.78 is 11.6. The number of rotatable bonds is 8. The second-order valence-electron chi connectivity index (χ2n) is 7.93. The zero-order valence-electron chi connectivity index (χ0n) is 17.1. The van der Waals surface area contributed by atoms with Crippen LogP contribution in [-0.2, 0) is 11.2 Å². The van der Waals surface area contributed by atoms with Gasteiger partial charge >= 0.3 is 0 Å². The number of benzene rings is 2. The molecule has 7 nitrogen and oxygen atoms in total. The van der Waals surface area contributed by atoms with Crippen LogP contribution < -0.4 is 14.8 Å². The van der Waals surface area contributed by atoms with E-state index in [1.54, 1.807) is 0 Å². The highest BCUT2D eigenvalue weighted by Crippen LogP contribution is 2.39. The maximum absolute atomic E-state index is 11.5. The normalized spacial score (nSPS) is 14.6. The summed E-state index contributed by atoms with van der Waals surface area (Å²) in [7, 11) is 4.10. The fraction of sp³-hybridized carbons (Fsp3) is 0.409. The summed E-state index contributed by atoms with van der Waals surface area (Å²) in [6.07, 6.45) is 0.0118. The van der Waals surface area contributed by atoms with Crippen molar-refractivity contribution in [3.63, 3.8) is 0 Å². The number of nitrogens with zero attached hydrogens (tertiary/aromatic N) is 1. The van der Waals surface area contributed by atoms with Crippen molar-refractivity contribution in [2.45, 2.75) is 19.4 Å². The Bertz CT molecular complexity index is 864. The highest BCUT2D eigenvalue weighted by atomic mass is 16.5. The van der Waals surface area contributed by atoms with E-state index in [2.05, 4.69) is 31.5 Å². The molecule has 1 aliphatic rings. The average Bonchev–Trinajstić information content (AvgIpc) is 2.66. The van der Waals surface area contributed by atoms with Crippen LogP contribution in [0.25, 0.3) is 0 Å². The molecule has 0 bridgehead atoms. The summed E-state index contributed by atoms with van der Waals surface area (Å²) in [5, 5.41) is 23.5. The van der Waals surface area contributed by atoms with Gasteiger partial charge in [-0.25, -0.2) is 0 Å². The summed E-state index contributed by atoms with van der Waals surface area (Å²) in [4.78, 5) is 11.5. The minimum Gasteiger partial charge on any atom is -0.508 e. The lowest BCUT2D eigenvalue weighted by Gasteiger charge is -2.33. The molecule has 1 aliphatic heterocycles. The zero-order valence-corrected chi connectivity index (χ0v) is 17.1. The van der Waals surface area contributed by atoms with E-state index < -0.39 is 6.10 Å². The first-order chi connectivity index (χ1) is 13.8. The number of ether oxygens (including phenoxy) is 2. The van der Waals surface area contributed by atoms with Gasteiger partial charge in [-0.15, -0.1) is 0 Å². The van der Waals surface area contributed by atoms with E-state index in [0.29, 0.717) is 34.6 Å². The molecule has 2 aromatic carbocycles. The maximum Gasteiger partial charge on any atom is 0.262 e. The van der Waals surface area contributed by atoms with Crippen molar-refractivity contribution in [1.82, 2.24) is 0 Å². The average molecular weight is 401 g/mol. The molecular weight excluding hydrogens is 372 g/mol. The molecule has 0 saturated carbocycles. The minimum atomic E-state index is -0.846. The highest BCUT2D eigenvalue weighted by Gasteiger charge is 2.28. The lowest BCUT2D eigenvalue weighted by Crippen LogP contribution is -2.44. The Labute approximate surface area is 171 Å². The van der Waals surface area contributed by atoms with E-state index in [9.17, 15) is 15.0 Å². The van der Waals surface area contributed by atoms with Crippen molar-refractivity contribution in [3.8, 4) is 17.2 Å². The van der Waals surface area contributed by atoms with Crippen LogP contribution in [0.1, 0.15) is 24.2 Å². The van der Waals surface area contributed by atoms with Crippen molar-refractivity contribution in [3.05, 3.63) is 47.5 Å². The van der Waals surface area contributed by atoms with Gasteiger partial charge in [0, 0.05) is 18.1 Å². The van der Waals surface area contributed by atoms with Gasteiger partial charge in [-0.3, -0.25) is 4.79 Å². The standard InChI is InChI=1S/C22H28N2O5/c1-4-28-17-7-5-15(6-8-17)9-10-24(2,3)13-20(26)18-11-16(25)12-19-22(18)29-14-21(27)23-19/h5-8,11-12,20,26H,4,9-10,13-14H2,1-3H3,(H-,23,25,27)/p+1/t20-/m0/s1. The Kier molecular flexibility index (Phi) is 6.30. The quantitative estimate of drug-likeness (QED) is 0.592. The monoisotopic (exact) mass is 401 g/mol. The molecule has 0 unspecified atom stereocenters. The molecule has 0 radical (unpaired) electrons. The summed E-state index contributed by atoms with van der Waals surface area (Å²) >= 11 is 0. The first-order valence-corrected chi connectivity index (χ1v) is 9.79. The highest BCUT2D eigenvalue weighted by molar-refractivity contribution is 5.96. The van der Waals surface area contributed by atoms with Crippen LogP contribution >= 0.6 is 0 Å². The number of hydrogen-bond acceptors (Lipinski definition) is 5. The Morgan fingerprint density at radius 1 is 1.24 bits per heavy atom. The number of amides is 1. The topological polar surface area (TPSA) is 88.0 Å². The molecule has 0 aliphatic carbocycles. The molecule has 0 aromatic heterocycles. The minimum absolute atomic E-state index is 0.0247. The number of fused-ring (bicyclic) bond motifs is 1. The number of nitrogens with one attached hydrogen (secondary N) is 1. The lowest BCUT2D eigenvalue weighted by atomic mass is 10.0. The third kappa shape index (κ3) is 5.40. The first kappa shape index (κ1) is 21.0. The summed E-state index contributed by atoms with van der Waals surface area (Å²) in [6.45, 7) is 3.76. The van der Waals surface area contributed by atoms with Crippen LogP contribution in [-0.4, -0.2) is 61.0 Å². The molecule has 156 valence electrons. The largest absolute Gasteiger partial charge is 0.508 e. The number of aliphatic hydroxyl groups excluding tert-OH is 1. The van der Waals surface area contributed by atoms with Crippen LogP contribution in [0.4, 0.5) is 5.69 Å². The summed E-state index contributed by atoms with van der Waals surface area (Å²) in [6, 6.07) is 11.0. The number of hydrogen-bond donors (Lipinski definition) is 3. The number of carbonyl (C=O) groups excluding carboxylic acids is 1. The van der Waals surface area contributed by atoms with Gasteiger partial charge in [-0.2, -0.15) is 0 Å². The third-order valence-electron chi connectivity index (χ3n) is 4.99. The van der Waals surface area contributed by atoms with E-state index in [0.717, 1.165) is 18.7 Å². The van der Waals surface area contributed by atoms with Crippen molar-refractivity contribution >= 4 is 11.6 Å². The van der Waals surface area contributed by atoms with Gasteiger partial charge in [0.05, 0.1) is 32.9 Å². The van der Waals surface area contributed by atoms with Crippen LogP contribution in [0.2, 0.25) is 0 Å². The van der Waals surface area contributed by atoms with Gasteiger partial charge in [-0.1, -0.05) is 12.1 Å². The van der Waals surface area contributed by atoms with Crippen LogP contribution in [0.3, 0.4) is 0 Å². The number of phenolic OH excluding ortho intramolecular Hbond substituents is 1. The van der Waals surface area contributed by atoms with Crippen molar-refractivity contribution in [1.29, 1.82) is 0 Å². The van der Waals surface area contributed by atoms with Crippen LogP contribution in [0.15, 0.2) is 36.4 Å². The van der Waals surface area contributed by atoms with E-state index in [1.165, 1.54) is 17.7 Å². The number of carbonyl (C=O) groups is 1. The van der Waals surface area contributed by atoms with E-state index in [-0.39, 0.29) is 18.3 Å². The second-order valence-corrected chi connectivity index (χ2v) is 7.93. The SMILES string of the molecule is CCOc1ccc(CC[N+](C)(C)C[C@H](O)c2cc(O)cc3c2OCC(=O)N3)cc1. The predicted molar refractivity (Wildman–Crippen MR) is 110 cm³/mol. The van der Waals surface area contributed by atoms with E-state index in [4.69, 9.17) is 9.47 Å². The molecule has 29 heavy (non-hydrogen) atoms. The number of aromatic hydroxyl groups is 1. The van der Waals surface area contributed by atoms with Crippen LogP contribution in [0.5, 0.6) is 17.2 Å². The van der Waals surface area contributed by atoms with E-state index in [1.807, 2.05) is 19.1 Å². The van der Waals surface area contributed by atoms with Gasteiger partial charge in [0.25, 0.3) is 5.91 Å². The van der Waals surface area contributed by atoms with E-state index >= 15 is 0 Å². The number of likely N-dealkylation sites (N-methyl/N-ethyl adjacent to an activating group) is 1. The summed E-state index contributed by atoms with van der Waals surface area (Å²) in [5.41, 5.74) is 2.07. The molecule has 7 heteroatoms. The second kappa shape index (κ2) is 8.71. The molecule has 0 spiro atoms. The number of anilines is 1. The number of phenols is 1. The van der Waals surface area contributed by atoms with Gasteiger partial charge in [0.1, 0.15) is 29.9 Å². The molecule has 0 saturated heterocycles. The Morgan fingerprint density at radius 2 is 1.97 bits per heavy atom. The Balaban J connectivity index is 1.66. The van der Waals surface area contributed by atoms with Gasteiger partial charge < -0.3 is 29.5 Å².